The van der Waals surface area contributed by atoms with E-state index in [4.69, 9.17) is 15.2 Å². The molecule has 1 heterocycles. The van der Waals surface area contributed by atoms with E-state index >= 15 is 0 Å². The second-order valence-corrected chi connectivity index (χ2v) is 11.3. The van der Waals surface area contributed by atoms with Crippen LogP contribution in [0.3, 0.4) is 0 Å². The highest BCUT2D eigenvalue weighted by molar-refractivity contribution is 5.88. The highest BCUT2D eigenvalue weighted by Gasteiger charge is 2.42. The first kappa shape index (κ1) is 35.2. The second kappa shape index (κ2) is 17.2. The van der Waals surface area contributed by atoms with Crippen molar-refractivity contribution in [3.8, 4) is 0 Å². The largest absolute Gasteiger partial charge is 0.379 e. The average Bonchev–Trinajstić information content (AvgIpc) is 3.46. The number of amides is 4. The van der Waals surface area contributed by atoms with Gasteiger partial charge in [0.1, 0.15) is 6.04 Å². The molecule has 1 aromatic rings. The molecule has 4 N–H and O–H groups in total. The molecule has 0 saturated carbocycles. The van der Waals surface area contributed by atoms with Gasteiger partial charge in [0.2, 0.25) is 23.6 Å². The number of likely N-dealkylation sites (N-methyl/N-ethyl adjacent to an activating group) is 2. The number of carbonyl (C=O) groups excluding carboxylic acids is 4. The average molecular weight is 590 g/mol. The van der Waals surface area contributed by atoms with Crippen LogP contribution in [-0.4, -0.2) is 105 Å². The number of hydrogen-bond donors (Lipinski definition) is 3. The van der Waals surface area contributed by atoms with E-state index in [1.54, 1.807) is 37.9 Å². The van der Waals surface area contributed by atoms with E-state index in [0.717, 1.165) is 18.4 Å². The Kier molecular flexibility index (Phi) is 14.4. The maximum absolute atomic E-state index is 13.8. The van der Waals surface area contributed by atoms with E-state index < -0.39 is 30.1 Å². The number of nitrogens with two attached hydrogens (primary N) is 1. The van der Waals surface area contributed by atoms with Crippen LogP contribution in [0.5, 0.6) is 0 Å². The van der Waals surface area contributed by atoms with Crippen LogP contribution in [-0.2, 0) is 35.1 Å². The third kappa shape index (κ3) is 9.24. The van der Waals surface area contributed by atoms with Gasteiger partial charge in [0.25, 0.3) is 0 Å². The van der Waals surface area contributed by atoms with Crippen LogP contribution >= 0.6 is 0 Å². The number of likely N-dealkylation sites (tertiary alicyclic amines) is 1. The fourth-order valence-corrected chi connectivity index (χ4v) is 5.98. The summed E-state index contributed by atoms with van der Waals surface area (Å²) in [5, 5.41) is 5.69. The van der Waals surface area contributed by atoms with E-state index in [1.807, 2.05) is 30.3 Å². The second-order valence-electron chi connectivity index (χ2n) is 11.3. The molecule has 1 aliphatic rings. The van der Waals surface area contributed by atoms with Crippen LogP contribution in [0.25, 0.3) is 0 Å². The van der Waals surface area contributed by atoms with Crippen LogP contribution in [0.15, 0.2) is 30.3 Å². The SMILES string of the molecule is CCC(C)C(C(CC(=O)N1CCCC1C(OC)C(C)C(=O)NC(Cc1ccccc1)C(N)=O)OC)N(C)C(=O)CNC. The van der Waals surface area contributed by atoms with Crippen molar-refractivity contribution in [1.82, 2.24) is 20.4 Å². The standard InChI is InChI=1S/C31H51N5O6/c1-8-20(2)28(35(5)27(38)19-33-4)25(41-6)18-26(37)36-16-12-15-24(36)29(42-7)21(3)31(40)34-23(30(32)39)17-22-13-10-9-11-14-22/h9-11,13-14,20-21,23-25,28-29,33H,8,12,15-19H2,1-7H3,(H2,32,39)(H,34,40). The number of methoxy groups -OCH3 is 2. The third-order valence-corrected chi connectivity index (χ3v) is 8.57. The lowest BCUT2D eigenvalue weighted by atomic mass is 9.90. The molecule has 1 aromatic carbocycles. The summed E-state index contributed by atoms with van der Waals surface area (Å²) in [6.45, 7) is 6.58. The molecule has 0 aromatic heterocycles. The summed E-state index contributed by atoms with van der Waals surface area (Å²) in [5.74, 6) is -1.71. The van der Waals surface area contributed by atoms with Gasteiger partial charge in [0.05, 0.1) is 43.2 Å². The Morgan fingerprint density at radius 1 is 1.12 bits per heavy atom. The van der Waals surface area contributed by atoms with Gasteiger partial charge in [0.15, 0.2) is 0 Å². The Balaban J connectivity index is 2.17. The molecular formula is C31H51N5O6. The molecule has 2 rings (SSSR count). The quantitative estimate of drug-likeness (QED) is 0.249. The zero-order chi connectivity index (χ0) is 31.4. The summed E-state index contributed by atoms with van der Waals surface area (Å²) >= 11 is 0. The zero-order valence-corrected chi connectivity index (χ0v) is 26.3. The van der Waals surface area contributed by atoms with Crippen LogP contribution in [0.4, 0.5) is 0 Å². The first-order valence-electron chi connectivity index (χ1n) is 14.9. The first-order chi connectivity index (χ1) is 20.0. The van der Waals surface area contributed by atoms with Crippen LogP contribution < -0.4 is 16.4 Å². The van der Waals surface area contributed by atoms with Gasteiger partial charge in [-0.3, -0.25) is 19.2 Å². The van der Waals surface area contributed by atoms with Crippen molar-refractivity contribution in [2.75, 3.05) is 41.4 Å². The molecule has 11 heteroatoms. The molecule has 0 aliphatic carbocycles. The summed E-state index contributed by atoms with van der Waals surface area (Å²) in [5.41, 5.74) is 6.50. The van der Waals surface area contributed by atoms with Crippen molar-refractivity contribution in [2.45, 2.75) is 83.2 Å². The molecule has 1 fully saturated rings. The Hall–Kier alpha value is -3.02. The van der Waals surface area contributed by atoms with Gasteiger partial charge in [-0.25, -0.2) is 0 Å². The molecular weight excluding hydrogens is 538 g/mol. The molecule has 11 nitrogen and oxygen atoms in total. The van der Waals surface area contributed by atoms with Crippen molar-refractivity contribution in [2.24, 2.45) is 17.6 Å². The van der Waals surface area contributed by atoms with Crippen molar-refractivity contribution in [3.05, 3.63) is 35.9 Å². The summed E-state index contributed by atoms with van der Waals surface area (Å²) in [6, 6.07) is 7.87. The number of rotatable bonds is 17. The number of nitrogens with zero attached hydrogens (tertiary/aromatic N) is 2. The predicted molar refractivity (Wildman–Crippen MR) is 161 cm³/mol. The van der Waals surface area contributed by atoms with Gasteiger partial charge in [-0.15, -0.1) is 0 Å². The summed E-state index contributed by atoms with van der Waals surface area (Å²) in [4.78, 5) is 55.4. The fourth-order valence-electron chi connectivity index (χ4n) is 5.98. The van der Waals surface area contributed by atoms with Crippen molar-refractivity contribution in [1.29, 1.82) is 0 Å². The molecule has 7 unspecified atom stereocenters. The molecule has 7 atom stereocenters. The molecule has 1 saturated heterocycles. The number of hydrogen-bond acceptors (Lipinski definition) is 7. The summed E-state index contributed by atoms with van der Waals surface area (Å²) < 4.78 is 11.7. The number of primary amides is 1. The Labute approximate surface area is 250 Å². The lowest BCUT2D eigenvalue weighted by Gasteiger charge is -2.39. The van der Waals surface area contributed by atoms with Gasteiger partial charge in [-0.05, 0) is 31.4 Å². The highest BCUT2D eigenvalue weighted by atomic mass is 16.5. The van der Waals surface area contributed by atoms with Crippen LogP contribution in [0, 0.1) is 11.8 Å². The minimum Gasteiger partial charge on any atom is -0.379 e. The number of carbonyl (C=O) groups is 4. The van der Waals surface area contributed by atoms with Crippen LogP contribution in [0.2, 0.25) is 0 Å². The molecule has 0 bridgehead atoms. The van der Waals surface area contributed by atoms with E-state index in [2.05, 4.69) is 24.5 Å². The lowest BCUT2D eigenvalue weighted by Crippen LogP contribution is -2.55. The number of benzene rings is 1. The molecule has 42 heavy (non-hydrogen) atoms. The van der Waals surface area contributed by atoms with Gasteiger partial charge >= 0.3 is 0 Å². The van der Waals surface area contributed by atoms with Gasteiger partial charge in [-0.1, -0.05) is 57.5 Å². The normalized spacial score (nSPS) is 19.3. The van der Waals surface area contributed by atoms with Crippen molar-refractivity contribution in [3.63, 3.8) is 0 Å². The van der Waals surface area contributed by atoms with Gasteiger partial charge in [-0.2, -0.15) is 0 Å². The summed E-state index contributed by atoms with van der Waals surface area (Å²) in [7, 11) is 6.58. The van der Waals surface area contributed by atoms with Crippen molar-refractivity contribution < 1.29 is 28.7 Å². The van der Waals surface area contributed by atoms with Gasteiger partial charge in [0, 0.05) is 34.2 Å². The fraction of sp³-hybridized carbons (Fsp3) is 0.677. The van der Waals surface area contributed by atoms with E-state index in [0.29, 0.717) is 13.0 Å². The Morgan fingerprint density at radius 2 is 1.79 bits per heavy atom. The smallest absolute Gasteiger partial charge is 0.240 e. The Bertz CT molecular complexity index is 1020. The molecule has 0 spiro atoms. The minimum atomic E-state index is -0.872. The van der Waals surface area contributed by atoms with E-state index in [9.17, 15) is 19.2 Å². The summed E-state index contributed by atoms with van der Waals surface area (Å²) in [6.07, 6.45) is 1.55. The Morgan fingerprint density at radius 3 is 2.33 bits per heavy atom. The molecule has 4 amide bonds. The maximum Gasteiger partial charge on any atom is 0.240 e. The topological polar surface area (TPSA) is 143 Å². The molecule has 236 valence electrons. The van der Waals surface area contributed by atoms with Gasteiger partial charge < -0.3 is 35.6 Å². The van der Waals surface area contributed by atoms with Crippen LogP contribution in [0.1, 0.15) is 52.0 Å². The maximum atomic E-state index is 13.8. The zero-order valence-electron chi connectivity index (χ0n) is 26.3. The molecule has 0 radical (unpaired) electrons. The molecule has 1 aliphatic heterocycles. The van der Waals surface area contributed by atoms with Crippen molar-refractivity contribution >= 4 is 23.6 Å². The third-order valence-electron chi connectivity index (χ3n) is 8.57. The van der Waals surface area contributed by atoms with E-state index in [1.165, 1.54) is 7.11 Å². The number of ether oxygens (including phenoxy) is 2. The van der Waals surface area contributed by atoms with E-state index in [-0.39, 0.29) is 55.1 Å². The lowest BCUT2D eigenvalue weighted by molar-refractivity contribution is -0.145. The number of nitrogens with one attached hydrogen (secondary N) is 2. The highest BCUT2D eigenvalue weighted by Crippen LogP contribution is 2.29. The minimum absolute atomic E-state index is 0.0721. The predicted octanol–water partition coefficient (Wildman–Crippen LogP) is 1.34. The first-order valence-corrected chi connectivity index (χ1v) is 14.9. The monoisotopic (exact) mass is 589 g/mol.